The van der Waals surface area contributed by atoms with Crippen LogP contribution in [-0.4, -0.2) is 16.2 Å². The molecule has 6 heteroatoms. The molecule has 1 heterocycles. The summed E-state index contributed by atoms with van der Waals surface area (Å²) in [5, 5.41) is 18.3. The number of ether oxygens (including phenoxy) is 1. The lowest BCUT2D eigenvalue weighted by Gasteiger charge is -2.01. The summed E-state index contributed by atoms with van der Waals surface area (Å²) in [7, 11) is 0. The summed E-state index contributed by atoms with van der Waals surface area (Å²) in [5.74, 6) is -0.920. The Labute approximate surface area is 119 Å². The van der Waals surface area contributed by atoms with Gasteiger partial charge in [-0.2, -0.15) is 0 Å². The molecule has 1 aromatic heterocycles. The molecule has 0 aliphatic rings. The molecule has 21 heavy (non-hydrogen) atoms. The largest absolute Gasteiger partial charge is 0.508 e. The third-order valence-electron chi connectivity index (χ3n) is 2.51. The van der Waals surface area contributed by atoms with Crippen LogP contribution in [0.1, 0.15) is 11.3 Å². The molecule has 0 fully saturated rings. The molecule has 0 atom stereocenters. The molecule has 6 nitrogen and oxygen atoms in total. The van der Waals surface area contributed by atoms with Crippen molar-refractivity contribution in [1.82, 2.24) is 0 Å². The van der Waals surface area contributed by atoms with Crippen molar-refractivity contribution in [2.24, 2.45) is 0 Å². The zero-order valence-corrected chi connectivity index (χ0v) is 10.9. The monoisotopic (exact) mass is 288 g/mol. The number of carbonyl (C=O) groups is 1. The number of benzene rings is 1. The van der Waals surface area contributed by atoms with Crippen molar-refractivity contribution < 1.29 is 24.2 Å². The second kappa shape index (κ2) is 6.42. The van der Waals surface area contributed by atoms with Gasteiger partial charge in [0.05, 0.1) is 0 Å². The van der Waals surface area contributed by atoms with Crippen molar-refractivity contribution in [2.75, 3.05) is 0 Å². The van der Waals surface area contributed by atoms with Gasteiger partial charge in [0.15, 0.2) is 5.75 Å². The van der Waals surface area contributed by atoms with Gasteiger partial charge in [-0.3, -0.25) is 4.79 Å². The first-order valence-electron chi connectivity index (χ1n) is 5.99. The smallest absolute Gasteiger partial charge is 0.331 e. The molecule has 2 N–H and O–H groups in total. The third kappa shape index (κ3) is 4.24. The Bertz CT molecular complexity index is 729. The van der Waals surface area contributed by atoms with Crippen LogP contribution in [0.3, 0.4) is 0 Å². The highest BCUT2D eigenvalue weighted by Crippen LogP contribution is 2.12. The van der Waals surface area contributed by atoms with E-state index in [-0.39, 0.29) is 18.1 Å². The van der Waals surface area contributed by atoms with E-state index in [1.807, 2.05) is 0 Å². The molecular formula is C15H12O6. The van der Waals surface area contributed by atoms with Gasteiger partial charge in [0, 0.05) is 12.1 Å². The van der Waals surface area contributed by atoms with Crippen LogP contribution in [0.4, 0.5) is 0 Å². The minimum Gasteiger partial charge on any atom is -0.508 e. The van der Waals surface area contributed by atoms with E-state index in [9.17, 15) is 14.7 Å². The Balaban J connectivity index is 1.93. The Kier molecular flexibility index (Phi) is 4.40. The summed E-state index contributed by atoms with van der Waals surface area (Å²) in [6.45, 7) is -0.223. The average Bonchev–Trinajstić information content (AvgIpc) is 2.46. The summed E-state index contributed by atoms with van der Waals surface area (Å²) in [4.78, 5) is 22.6. The van der Waals surface area contributed by atoms with E-state index in [1.165, 1.54) is 24.3 Å². The van der Waals surface area contributed by atoms with E-state index in [0.29, 0.717) is 5.56 Å². The molecule has 0 bridgehead atoms. The molecular weight excluding hydrogens is 276 g/mol. The molecule has 2 rings (SSSR count). The van der Waals surface area contributed by atoms with Crippen LogP contribution in [0.5, 0.6) is 11.5 Å². The lowest BCUT2D eigenvalue weighted by atomic mass is 10.2. The van der Waals surface area contributed by atoms with Gasteiger partial charge >= 0.3 is 5.97 Å². The minimum absolute atomic E-state index is 0.0939. The van der Waals surface area contributed by atoms with Crippen LogP contribution in [-0.2, 0) is 16.1 Å². The van der Waals surface area contributed by atoms with E-state index in [2.05, 4.69) is 0 Å². The molecule has 0 amide bonds. The number of hydrogen-bond donors (Lipinski definition) is 2. The topological polar surface area (TPSA) is 97.0 Å². The molecule has 0 saturated heterocycles. The molecule has 0 saturated carbocycles. The molecule has 0 radical (unpaired) electrons. The number of carbonyl (C=O) groups excluding carboxylic acids is 1. The first-order valence-corrected chi connectivity index (χ1v) is 5.99. The molecule has 0 aliphatic heterocycles. The fraction of sp³-hybridized carbons (Fsp3) is 0.0667. The highest BCUT2D eigenvalue weighted by molar-refractivity contribution is 5.87. The lowest BCUT2D eigenvalue weighted by molar-refractivity contribution is -0.139. The summed E-state index contributed by atoms with van der Waals surface area (Å²) in [6, 6.07) is 7.40. The van der Waals surface area contributed by atoms with Gasteiger partial charge in [-0.25, -0.2) is 4.79 Å². The number of phenols is 1. The molecule has 0 spiro atoms. The number of hydrogen-bond acceptors (Lipinski definition) is 6. The fourth-order valence-electron chi connectivity index (χ4n) is 1.50. The minimum atomic E-state index is -0.630. The van der Waals surface area contributed by atoms with Crippen LogP contribution in [0.15, 0.2) is 51.9 Å². The van der Waals surface area contributed by atoms with E-state index in [1.54, 1.807) is 12.1 Å². The molecule has 108 valence electrons. The molecule has 0 unspecified atom stereocenters. The van der Waals surface area contributed by atoms with Crippen molar-refractivity contribution in [3.8, 4) is 11.5 Å². The Hall–Kier alpha value is -3.02. The van der Waals surface area contributed by atoms with E-state index in [0.717, 1.165) is 12.3 Å². The van der Waals surface area contributed by atoms with Crippen LogP contribution in [0.2, 0.25) is 0 Å². The predicted molar refractivity (Wildman–Crippen MR) is 73.6 cm³/mol. The maximum absolute atomic E-state index is 11.5. The van der Waals surface area contributed by atoms with Crippen molar-refractivity contribution >= 4 is 12.0 Å². The van der Waals surface area contributed by atoms with Crippen LogP contribution in [0.25, 0.3) is 6.08 Å². The quantitative estimate of drug-likeness (QED) is 0.658. The Morgan fingerprint density at radius 2 is 2.10 bits per heavy atom. The summed E-state index contributed by atoms with van der Waals surface area (Å²) in [5.41, 5.74) is 0.0331. The first kappa shape index (κ1) is 14.4. The van der Waals surface area contributed by atoms with Gasteiger partial charge < -0.3 is 19.4 Å². The lowest BCUT2D eigenvalue weighted by Crippen LogP contribution is -2.04. The van der Waals surface area contributed by atoms with Crippen LogP contribution >= 0.6 is 0 Å². The number of aromatic hydroxyl groups is 2. The second-order valence-corrected chi connectivity index (χ2v) is 4.13. The van der Waals surface area contributed by atoms with Crippen LogP contribution in [0, 0.1) is 0 Å². The van der Waals surface area contributed by atoms with E-state index >= 15 is 0 Å². The highest BCUT2D eigenvalue weighted by Gasteiger charge is 2.04. The summed E-state index contributed by atoms with van der Waals surface area (Å²) >= 11 is 0. The Morgan fingerprint density at radius 3 is 2.81 bits per heavy atom. The first-order chi connectivity index (χ1) is 10.0. The fourth-order valence-corrected chi connectivity index (χ4v) is 1.50. The normalized spacial score (nSPS) is 10.7. The van der Waals surface area contributed by atoms with Crippen LogP contribution < -0.4 is 5.43 Å². The highest BCUT2D eigenvalue weighted by atomic mass is 16.5. The maximum atomic E-state index is 11.5. The van der Waals surface area contributed by atoms with Gasteiger partial charge in [-0.15, -0.1) is 0 Å². The molecule has 2 aromatic rings. The van der Waals surface area contributed by atoms with Gasteiger partial charge in [0.25, 0.3) is 0 Å². The van der Waals surface area contributed by atoms with Crippen molar-refractivity contribution in [3.63, 3.8) is 0 Å². The standard InChI is InChI=1S/C15H12O6/c16-11-3-1-2-10(6-11)4-5-15(19)21-8-12-7-13(17)14(18)9-20-12/h1-7,9,16,18H,8H2/b5-4+. The Morgan fingerprint density at radius 1 is 1.29 bits per heavy atom. The van der Waals surface area contributed by atoms with E-state index < -0.39 is 17.1 Å². The van der Waals surface area contributed by atoms with Gasteiger partial charge in [-0.05, 0) is 23.8 Å². The summed E-state index contributed by atoms with van der Waals surface area (Å²) < 4.78 is 9.76. The molecule has 0 aliphatic carbocycles. The zero-order chi connectivity index (χ0) is 15.2. The predicted octanol–water partition coefficient (Wildman–Crippen LogP) is 1.81. The summed E-state index contributed by atoms with van der Waals surface area (Å²) in [6.07, 6.45) is 3.55. The number of phenolic OH excluding ortho intramolecular Hbond substituents is 1. The average molecular weight is 288 g/mol. The molecule has 1 aromatic carbocycles. The third-order valence-corrected chi connectivity index (χ3v) is 2.51. The maximum Gasteiger partial charge on any atom is 0.331 e. The van der Waals surface area contributed by atoms with Gasteiger partial charge in [-0.1, -0.05) is 12.1 Å². The van der Waals surface area contributed by atoms with Crippen molar-refractivity contribution in [2.45, 2.75) is 6.61 Å². The number of rotatable bonds is 4. The van der Waals surface area contributed by atoms with Crippen molar-refractivity contribution in [3.05, 3.63) is 64.2 Å². The van der Waals surface area contributed by atoms with Crippen molar-refractivity contribution in [1.29, 1.82) is 0 Å². The SMILES string of the molecule is O=C(/C=C/c1cccc(O)c1)OCc1cc(=O)c(O)co1. The zero-order valence-electron chi connectivity index (χ0n) is 10.9. The van der Waals surface area contributed by atoms with Gasteiger partial charge in [0.2, 0.25) is 5.43 Å². The number of esters is 1. The second-order valence-electron chi connectivity index (χ2n) is 4.13. The van der Waals surface area contributed by atoms with Gasteiger partial charge in [0.1, 0.15) is 24.4 Å². The van der Waals surface area contributed by atoms with E-state index in [4.69, 9.17) is 14.3 Å².